The normalized spacial score (nSPS) is 13.4. The van der Waals surface area contributed by atoms with E-state index >= 15 is 0 Å². The number of H-pyrrole nitrogens is 1. The maximum absolute atomic E-state index is 12.9. The highest BCUT2D eigenvalue weighted by molar-refractivity contribution is 6.42. The van der Waals surface area contributed by atoms with Crippen LogP contribution in [0.1, 0.15) is 64.5 Å². The first kappa shape index (κ1) is 29.3. The first-order chi connectivity index (χ1) is 18.3. The van der Waals surface area contributed by atoms with Crippen LogP contribution in [0.25, 0.3) is 11.5 Å². The minimum atomic E-state index is -4.49. The van der Waals surface area contributed by atoms with Gasteiger partial charge in [-0.15, -0.1) is 10.2 Å². The molecule has 0 fully saturated rings. The predicted molar refractivity (Wildman–Crippen MR) is 132 cm³/mol. The Morgan fingerprint density at radius 1 is 1.08 bits per heavy atom. The van der Waals surface area contributed by atoms with Crippen molar-refractivity contribution in [1.29, 1.82) is 0 Å². The van der Waals surface area contributed by atoms with E-state index in [1.54, 1.807) is 20.8 Å². The van der Waals surface area contributed by atoms with Crippen LogP contribution in [0.5, 0.6) is 0 Å². The summed E-state index contributed by atoms with van der Waals surface area (Å²) in [6.45, 7) is 7.11. The van der Waals surface area contributed by atoms with Crippen molar-refractivity contribution in [3.63, 3.8) is 0 Å². The van der Waals surface area contributed by atoms with Gasteiger partial charge in [0.05, 0.1) is 11.8 Å². The molecule has 0 spiro atoms. The van der Waals surface area contributed by atoms with Crippen LogP contribution in [0.15, 0.2) is 40.9 Å². The monoisotopic (exact) mass is 550 g/mol. The molecule has 0 aliphatic rings. The van der Waals surface area contributed by atoms with Crippen LogP contribution in [-0.2, 0) is 20.5 Å². The Labute approximate surface area is 221 Å². The summed E-state index contributed by atoms with van der Waals surface area (Å²) >= 11 is 0. The number of ether oxygens (including phenoxy) is 1. The van der Waals surface area contributed by atoms with Crippen LogP contribution in [0, 0.1) is 5.41 Å². The summed E-state index contributed by atoms with van der Waals surface area (Å²) in [5, 5.41) is 18.8. The second-order valence-electron chi connectivity index (χ2n) is 9.80. The fourth-order valence-corrected chi connectivity index (χ4v) is 3.48. The van der Waals surface area contributed by atoms with Crippen molar-refractivity contribution in [2.45, 2.75) is 65.3 Å². The zero-order valence-electron chi connectivity index (χ0n) is 21.8. The SMILES string of the molecule is CCCC[C@H](NC(=O)O[C@H](c1nnc(-c2ccc(C(F)(F)F)cc2)o1)C(C)(C)C)C(=O)C(=O)Nc1ccn[nH]1. The van der Waals surface area contributed by atoms with Crippen molar-refractivity contribution in [2.24, 2.45) is 5.41 Å². The first-order valence-corrected chi connectivity index (χ1v) is 12.1. The highest BCUT2D eigenvalue weighted by Crippen LogP contribution is 2.37. The number of anilines is 1. The standard InChI is InChI=1S/C25H29F3N6O5/c1-5-6-7-16(18(35)20(36)31-17-12-13-29-32-17)30-23(37)38-19(24(2,3)4)22-34-33-21(39-22)14-8-10-15(11-9-14)25(26,27)28/h8-13,16,19H,5-7H2,1-4H3,(H,30,37)(H2,29,31,32,36)/t16-,19+/m0/s1. The second kappa shape index (κ2) is 12.1. The molecule has 14 heteroatoms. The van der Waals surface area contributed by atoms with Crippen LogP contribution in [-0.4, -0.2) is 44.2 Å². The summed E-state index contributed by atoms with van der Waals surface area (Å²) < 4.78 is 49.8. The van der Waals surface area contributed by atoms with Gasteiger partial charge >= 0.3 is 12.3 Å². The quantitative estimate of drug-likeness (QED) is 0.296. The van der Waals surface area contributed by atoms with Gasteiger partial charge in [-0.05, 0) is 30.7 Å². The molecule has 0 unspecified atom stereocenters. The third-order valence-corrected chi connectivity index (χ3v) is 5.56. The Morgan fingerprint density at radius 2 is 1.77 bits per heavy atom. The van der Waals surface area contributed by atoms with E-state index < -0.39 is 47.1 Å². The number of alkyl carbamates (subject to hydrolysis) is 1. The number of carbonyl (C=O) groups is 3. The van der Waals surface area contributed by atoms with Crippen molar-refractivity contribution in [2.75, 3.05) is 5.32 Å². The number of hydrogen-bond donors (Lipinski definition) is 3. The van der Waals surface area contributed by atoms with Gasteiger partial charge in [0.15, 0.2) is 6.10 Å². The number of Topliss-reactive ketones (excluding diaryl/α,β-unsaturated/α-hetero) is 1. The molecule has 3 N–H and O–H groups in total. The molecule has 0 bridgehead atoms. The number of nitrogens with zero attached hydrogens (tertiary/aromatic N) is 3. The molecule has 3 rings (SSSR count). The van der Waals surface area contributed by atoms with E-state index in [0.717, 1.165) is 12.1 Å². The van der Waals surface area contributed by atoms with Crippen LogP contribution >= 0.6 is 0 Å². The lowest BCUT2D eigenvalue weighted by atomic mass is 9.89. The van der Waals surface area contributed by atoms with Crippen molar-refractivity contribution in [3.8, 4) is 11.5 Å². The van der Waals surface area contributed by atoms with Crippen molar-refractivity contribution < 1.29 is 36.7 Å². The molecule has 0 saturated heterocycles. The smallest absolute Gasteiger partial charge is 0.416 e. The van der Waals surface area contributed by atoms with Gasteiger partial charge in [0.25, 0.3) is 11.8 Å². The van der Waals surface area contributed by atoms with Gasteiger partial charge in [-0.2, -0.15) is 18.3 Å². The molecule has 1 aromatic carbocycles. The number of amides is 2. The number of aromatic nitrogens is 4. The van der Waals surface area contributed by atoms with E-state index in [2.05, 4.69) is 31.0 Å². The van der Waals surface area contributed by atoms with Crippen molar-refractivity contribution >= 4 is 23.6 Å². The van der Waals surface area contributed by atoms with Gasteiger partial charge in [0.2, 0.25) is 11.7 Å². The number of carbonyl (C=O) groups excluding carboxylic acids is 3. The topological polar surface area (TPSA) is 152 Å². The molecule has 2 aromatic heterocycles. The van der Waals surface area contributed by atoms with Gasteiger partial charge in [0, 0.05) is 17.0 Å². The fourth-order valence-electron chi connectivity index (χ4n) is 3.48. The molecule has 0 aliphatic heterocycles. The van der Waals surface area contributed by atoms with E-state index in [9.17, 15) is 27.6 Å². The number of halogens is 3. The van der Waals surface area contributed by atoms with Gasteiger partial charge < -0.3 is 19.8 Å². The number of aromatic amines is 1. The maximum atomic E-state index is 12.9. The Morgan fingerprint density at radius 3 is 2.33 bits per heavy atom. The minimum Gasteiger partial charge on any atom is -0.436 e. The second-order valence-corrected chi connectivity index (χ2v) is 9.80. The summed E-state index contributed by atoms with van der Waals surface area (Å²) in [5.41, 5.74) is -1.35. The van der Waals surface area contributed by atoms with E-state index in [0.29, 0.717) is 12.8 Å². The molecule has 0 radical (unpaired) electrons. The molecular weight excluding hydrogens is 521 g/mol. The summed E-state index contributed by atoms with van der Waals surface area (Å²) in [7, 11) is 0. The molecule has 2 heterocycles. The Hall–Kier alpha value is -4.23. The average Bonchev–Trinajstić information content (AvgIpc) is 3.56. The number of nitrogens with one attached hydrogen (secondary N) is 3. The molecule has 0 saturated carbocycles. The Balaban J connectivity index is 1.74. The van der Waals surface area contributed by atoms with Crippen LogP contribution in [0.4, 0.5) is 23.8 Å². The van der Waals surface area contributed by atoms with Crippen LogP contribution in [0.2, 0.25) is 0 Å². The molecule has 2 atom stereocenters. The van der Waals surface area contributed by atoms with Crippen molar-refractivity contribution in [1.82, 2.24) is 25.7 Å². The third-order valence-electron chi connectivity index (χ3n) is 5.56. The lowest BCUT2D eigenvalue weighted by molar-refractivity contribution is -0.137. The Kier molecular flexibility index (Phi) is 9.09. The lowest BCUT2D eigenvalue weighted by Gasteiger charge is -2.28. The van der Waals surface area contributed by atoms with Gasteiger partial charge in [-0.1, -0.05) is 40.5 Å². The highest BCUT2D eigenvalue weighted by Gasteiger charge is 2.37. The molecule has 0 aliphatic carbocycles. The zero-order chi connectivity index (χ0) is 28.8. The Bertz CT molecular complexity index is 1270. The lowest BCUT2D eigenvalue weighted by Crippen LogP contribution is -2.46. The van der Waals surface area contributed by atoms with E-state index in [4.69, 9.17) is 9.15 Å². The average molecular weight is 551 g/mol. The zero-order valence-corrected chi connectivity index (χ0v) is 21.8. The van der Waals surface area contributed by atoms with Crippen LogP contribution in [0.3, 0.4) is 0 Å². The number of rotatable bonds is 10. The van der Waals surface area contributed by atoms with Gasteiger partial charge in [0.1, 0.15) is 11.9 Å². The fraction of sp³-hybridized carbons (Fsp3) is 0.440. The number of benzene rings is 1. The minimum absolute atomic E-state index is 0.0662. The van der Waals surface area contributed by atoms with Crippen LogP contribution < -0.4 is 10.6 Å². The predicted octanol–water partition coefficient (Wildman–Crippen LogP) is 5.06. The number of alkyl halides is 3. The molecule has 3 aromatic rings. The molecule has 39 heavy (non-hydrogen) atoms. The summed E-state index contributed by atoms with van der Waals surface area (Å²) in [5.74, 6) is -1.75. The number of unbranched alkanes of at least 4 members (excludes halogenated alkanes) is 1. The molecular formula is C25H29F3N6O5. The molecule has 11 nitrogen and oxygen atoms in total. The molecule has 210 valence electrons. The number of hydrogen-bond acceptors (Lipinski definition) is 8. The summed E-state index contributed by atoms with van der Waals surface area (Å²) in [6, 6.07) is 4.47. The third kappa shape index (κ3) is 7.88. The number of ketones is 1. The van der Waals surface area contributed by atoms with E-state index in [1.165, 1.54) is 24.4 Å². The largest absolute Gasteiger partial charge is 0.436 e. The summed E-state index contributed by atoms with van der Waals surface area (Å²) in [4.78, 5) is 38.1. The first-order valence-electron chi connectivity index (χ1n) is 12.1. The van der Waals surface area contributed by atoms with E-state index in [1.807, 2.05) is 6.92 Å². The highest BCUT2D eigenvalue weighted by atomic mass is 19.4. The molecule has 2 amide bonds. The van der Waals surface area contributed by atoms with E-state index in [-0.39, 0.29) is 29.6 Å². The van der Waals surface area contributed by atoms with Crippen molar-refractivity contribution in [3.05, 3.63) is 48.0 Å². The van der Waals surface area contributed by atoms with Gasteiger partial charge in [-0.25, -0.2) is 4.79 Å². The summed E-state index contributed by atoms with van der Waals surface area (Å²) in [6.07, 6.45) is -3.72. The maximum Gasteiger partial charge on any atom is 0.416 e. The van der Waals surface area contributed by atoms with Gasteiger partial charge in [-0.3, -0.25) is 14.7 Å².